The van der Waals surface area contributed by atoms with E-state index in [1.165, 1.54) is 19.2 Å². The molecule has 0 aliphatic heterocycles. The van der Waals surface area contributed by atoms with Gasteiger partial charge in [0, 0.05) is 26.1 Å². The molecule has 1 aromatic rings. The van der Waals surface area contributed by atoms with Crippen molar-refractivity contribution in [1.29, 1.82) is 0 Å². The fourth-order valence-corrected chi connectivity index (χ4v) is 2.48. The molecule has 0 radical (unpaired) electrons. The number of nitrogens with one attached hydrogen (secondary N) is 2. The molecule has 0 saturated carbocycles. The van der Waals surface area contributed by atoms with E-state index in [0.29, 0.717) is 0 Å². The molecule has 1 rings (SSSR count). The molecule has 0 heterocycles. The quantitative estimate of drug-likeness (QED) is 0.469. The van der Waals surface area contributed by atoms with E-state index < -0.39 is 20.9 Å². The molecule has 9 nitrogen and oxygen atoms in total. The van der Waals surface area contributed by atoms with Gasteiger partial charge in [0.25, 0.3) is 5.69 Å². The Morgan fingerprint density at radius 3 is 2.60 bits per heavy atom. The number of nitrogens with zero attached hydrogens (tertiary/aromatic N) is 1. The van der Waals surface area contributed by atoms with Gasteiger partial charge in [-0.15, -0.1) is 0 Å². The Labute approximate surface area is 115 Å². The fraction of sp³-hybridized carbons (Fsp3) is 0.300. The highest BCUT2D eigenvalue weighted by molar-refractivity contribution is 7.89. The maximum Gasteiger partial charge on any atom is 0.293 e. The first kappa shape index (κ1) is 15.9. The van der Waals surface area contributed by atoms with Gasteiger partial charge in [-0.3, -0.25) is 14.9 Å². The van der Waals surface area contributed by atoms with Crippen LogP contribution in [-0.2, 0) is 14.8 Å². The van der Waals surface area contributed by atoms with Crippen LogP contribution in [0.1, 0.15) is 6.42 Å². The zero-order valence-corrected chi connectivity index (χ0v) is 11.4. The summed E-state index contributed by atoms with van der Waals surface area (Å²) in [4.78, 5) is 20.4. The van der Waals surface area contributed by atoms with Crippen LogP contribution in [0.4, 0.5) is 11.4 Å². The van der Waals surface area contributed by atoms with Crippen LogP contribution in [0.5, 0.6) is 0 Å². The zero-order valence-electron chi connectivity index (χ0n) is 10.6. The Morgan fingerprint density at radius 1 is 1.45 bits per heavy atom. The molecule has 0 unspecified atom stereocenters. The highest BCUT2D eigenvalue weighted by atomic mass is 32.2. The zero-order chi connectivity index (χ0) is 15.3. The van der Waals surface area contributed by atoms with E-state index >= 15 is 0 Å². The first-order valence-corrected chi connectivity index (χ1v) is 7.00. The van der Waals surface area contributed by atoms with Gasteiger partial charge in [0.05, 0.1) is 9.82 Å². The van der Waals surface area contributed by atoms with Crippen LogP contribution in [-0.4, -0.2) is 32.8 Å². The summed E-state index contributed by atoms with van der Waals surface area (Å²) in [5.74, 6) is -0.649. The average molecular weight is 302 g/mol. The number of nitrogens with two attached hydrogens (primary N) is 1. The topological polar surface area (TPSA) is 144 Å². The molecule has 0 aliphatic carbocycles. The standard InChI is InChI=1S/C10H14N4O5S/c1-12-8-3-2-7(6-9(8)14(16)17)20(18,19)13-5-4-10(11)15/h2-3,6,12-13H,4-5H2,1H3,(H2,11,15). The third-order valence-corrected chi connectivity index (χ3v) is 3.87. The molecule has 110 valence electrons. The minimum absolute atomic E-state index is 0.157. The molecular formula is C10H14N4O5S. The van der Waals surface area contributed by atoms with Crippen molar-refractivity contribution in [2.75, 3.05) is 18.9 Å². The predicted molar refractivity (Wildman–Crippen MR) is 71.6 cm³/mol. The number of amides is 1. The molecule has 20 heavy (non-hydrogen) atoms. The minimum atomic E-state index is -3.93. The molecule has 0 fully saturated rings. The number of benzene rings is 1. The van der Waals surface area contributed by atoms with E-state index in [1.54, 1.807) is 0 Å². The lowest BCUT2D eigenvalue weighted by Gasteiger charge is -2.07. The second-order valence-electron chi connectivity index (χ2n) is 3.80. The van der Waals surface area contributed by atoms with E-state index in [2.05, 4.69) is 10.0 Å². The Kier molecular flexibility index (Phi) is 5.00. The van der Waals surface area contributed by atoms with E-state index in [0.717, 1.165) is 6.07 Å². The number of rotatable bonds is 7. The summed E-state index contributed by atoms with van der Waals surface area (Å²) in [6.45, 7) is -0.167. The second-order valence-corrected chi connectivity index (χ2v) is 5.57. The molecule has 10 heteroatoms. The molecule has 0 aromatic heterocycles. The smallest absolute Gasteiger partial charge is 0.293 e. The third-order valence-electron chi connectivity index (χ3n) is 2.41. The first-order chi connectivity index (χ1) is 9.27. The molecule has 0 atom stereocenters. The predicted octanol–water partition coefficient (Wildman–Crippen LogP) is -0.210. The van der Waals surface area contributed by atoms with Crippen LogP contribution in [0.25, 0.3) is 0 Å². The van der Waals surface area contributed by atoms with Crippen LogP contribution in [0, 0.1) is 10.1 Å². The Hall–Kier alpha value is -2.20. The van der Waals surface area contributed by atoms with Crippen molar-refractivity contribution in [3.05, 3.63) is 28.3 Å². The lowest BCUT2D eigenvalue weighted by molar-refractivity contribution is -0.384. The highest BCUT2D eigenvalue weighted by Crippen LogP contribution is 2.26. The second kappa shape index (κ2) is 6.30. The SMILES string of the molecule is CNc1ccc(S(=O)(=O)NCCC(N)=O)cc1[N+](=O)[O-]. The van der Waals surface area contributed by atoms with Gasteiger partial charge in [0.15, 0.2) is 0 Å². The van der Waals surface area contributed by atoms with Gasteiger partial charge in [-0.2, -0.15) is 0 Å². The van der Waals surface area contributed by atoms with Gasteiger partial charge in [-0.25, -0.2) is 13.1 Å². The summed E-state index contributed by atoms with van der Waals surface area (Å²) in [6, 6.07) is 3.46. The summed E-state index contributed by atoms with van der Waals surface area (Å²) in [5.41, 5.74) is 4.73. The summed E-state index contributed by atoms with van der Waals surface area (Å²) in [5, 5.41) is 13.4. The van der Waals surface area contributed by atoms with Crippen LogP contribution in [0.2, 0.25) is 0 Å². The van der Waals surface area contributed by atoms with Crippen LogP contribution in [0.15, 0.2) is 23.1 Å². The molecule has 0 bridgehead atoms. The normalized spacial score (nSPS) is 11.1. The summed E-state index contributed by atoms with van der Waals surface area (Å²) in [6.07, 6.45) is -0.157. The van der Waals surface area contributed by atoms with Crippen molar-refractivity contribution in [3.8, 4) is 0 Å². The molecular weight excluding hydrogens is 288 g/mol. The Morgan fingerprint density at radius 2 is 2.10 bits per heavy atom. The number of carbonyl (C=O) groups excluding carboxylic acids is 1. The molecule has 0 aliphatic rings. The lowest BCUT2D eigenvalue weighted by atomic mass is 10.3. The maximum absolute atomic E-state index is 11.9. The molecule has 1 amide bonds. The minimum Gasteiger partial charge on any atom is -0.383 e. The summed E-state index contributed by atoms with van der Waals surface area (Å²) < 4.78 is 25.9. The van der Waals surface area contributed by atoms with Crippen LogP contribution in [0.3, 0.4) is 0 Å². The number of anilines is 1. The number of hydrogen-bond donors (Lipinski definition) is 3. The van der Waals surface area contributed by atoms with Gasteiger partial charge in [0.1, 0.15) is 5.69 Å². The number of hydrogen-bond acceptors (Lipinski definition) is 6. The number of primary amides is 1. The highest BCUT2D eigenvalue weighted by Gasteiger charge is 2.20. The third kappa shape index (κ3) is 3.90. The monoisotopic (exact) mass is 302 g/mol. The van der Waals surface area contributed by atoms with Gasteiger partial charge < -0.3 is 11.1 Å². The van der Waals surface area contributed by atoms with Crippen LogP contribution >= 0.6 is 0 Å². The molecule has 1 aromatic carbocycles. The van der Waals surface area contributed by atoms with Crippen molar-refractivity contribution in [3.63, 3.8) is 0 Å². The maximum atomic E-state index is 11.9. The van der Waals surface area contributed by atoms with E-state index in [-0.39, 0.29) is 29.2 Å². The number of sulfonamides is 1. The lowest BCUT2D eigenvalue weighted by Crippen LogP contribution is -2.28. The van der Waals surface area contributed by atoms with E-state index in [4.69, 9.17) is 5.73 Å². The number of carbonyl (C=O) groups is 1. The summed E-state index contributed by atoms with van der Waals surface area (Å²) in [7, 11) is -2.44. The molecule has 0 spiro atoms. The van der Waals surface area contributed by atoms with E-state index in [9.17, 15) is 23.3 Å². The van der Waals surface area contributed by atoms with Gasteiger partial charge >= 0.3 is 0 Å². The van der Waals surface area contributed by atoms with Gasteiger partial charge in [-0.1, -0.05) is 0 Å². The Bertz CT molecular complexity index is 629. The largest absolute Gasteiger partial charge is 0.383 e. The van der Waals surface area contributed by atoms with Gasteiger partial charge in [-0.05, 0) is 12.1 Å². The molecule has 0 saturated heterocycles. The first-order valence-electron chi connectivity index (χ1n) is 5.52. The van der Waals surface area contributed by atoms with Crippen molar-refractivity contribution in [2.24, 2.45) is 5.73 Å². The van der Waals surface area contributed by atoms with Crippen molar-refractivity contribution in [1.82, 2.24) is 4.72 Å². The number of nitro benzene ring substituents is 1. The number of nitro groups is 1. The van der Waals surface area contributed by atoms with Crippen LogP contribution < -0.4 is 15.8 Å². The van der Waals surface area contributed by atoms with Gasteiger partial charge in [0.2, 0.25) is 15.9 Å². The Balaban J connectivity index is 3.04. The van der Waals surface area contributed by atoms with Crippen molar-refractivity contribution in [2.45, 2.75) is 11.3 Å². The van der Waals surface area contributed by atoms with Crippen molar-refractivity contribution >= 4 is 27.3 Å². The van der Waals surface area contributed by atoms with Crippen molar-refractivity contribution < 1.29 is 18.1 Å². The summed E-state index contributed by atoms with van der Waals surface area (Å²) >= 11 is 0. The fourth-order valence-electron chi connectivity index (χ4n) is 1.43. The van der Waals surface area contributed by atoms with E-state index in [1.807, 2.05) is 0 Å². The molecule has 4 N–H and O–H groups in total. The average Bonchev–Trinajstić information content (AvgIpc) is 2.37.